The zero-order valence-corrected chi connectivity index (χ0v) is 41.4. The molecule has 3 amide bonds. The van der Waals surface area contributed by atoms with Gasteiger partial charge in [-0.2, -0.15) is 0 Å². The molecule has 1 aliphatic rings. The van der Waals surface area contributed by atoms with Crippen LogP contribution in [0, 0.1) is 18.3 Å². The van der Waals surface area contributed by atoms with Gasteiger partial charge < -0.3 is 21.3 Å². The molecule has 340 valence electrons. The number of hydrogen-bond acceptors (Lipinski definition) is 5. The van der Waals surface area contributed by atoms with E-state index in [2.05, 4.69) is 79.3 Å². The molecule has 1 fully saturated rings. The van der Waals surface area contributed by atoms with Crippen LogP contribution in [-0.4, -0.2) is 30.6 Å². The van der Waals surface area contributed by atoms with Crippen molar-refractivity contribution in [3.8, 4) is 11.1 Å². The number of carbonyl (C=O) groups is 4. The highest BCUT2D eigenvalue weighted by Crippen LogP contribution is 2.54. The zero-order valence-electron chi connectivity index (χ0n) is 36.9. The van der Waals surface area contributed by atoms with Crippen LogP contribution in [0.1, 0.15) is 105 Å². The van der Waals surface area contributed by atoms with Crippen LogP contribution in [0.5, 0.6) is 0 Å². The van der Waals surface area contributed by atoms with E-state index in [1.54, 1.807) is 36.4 Å². The Bertz CT molecular complexity index is 2940. The number of carbonyl (C=O) groups excluding carboxylic acids is 4. The van der Waals surface area contributed by atoms with Crippen molar-refractivity contribution in [3.05, 3.63) is 172 Å². The van der Waals surface area contributed by atoms with Gasteiger partial charge in [-0.05, 0) is 128 Å². The van der Waals surface area contributed by atoms with Crippen molar-refractivity contribution in [1.82, 2.24) is 0 Å². The standard InChI is InChI=1S/C52H46Cl6N4O4/c1-27-24-51(4,5)26-52(25-27,31-9-16-47(59-6)28(2)17-31)30-7-10-32(11-8-30)60-48(64)39-22-46(58)40(23-45(39)57)50(66)62-34-13-15-36(42(54)19-34)35-14-12-33(18-41(35)53)61-49(65)38-21-43(55)37(29(3)63)20-44(38)56/h7-23,27,59H,24-26H2,1-6H3,(H,60,64)(H,61,65)(H,62,66). The summed E-state index contributed by atoms with van der Waals surface area (Å²) in [4.78, 5) is 52.0. The number of halogens is 6. The maximum atomic E-state index is 13.6. The molecule has 0 saturated heterocycles. The molecule has 14 heteroatoms. The zero-order chi connectivity index (χ0) is 47.8. The lowest BCUT2D eigenvalue weighted by Crippen LogP contribution is -2.41. The van der Waals surface area contributed by atoms with E-state index in [9.17, 15) is 19.2 Å². The van der Waals surface area contributed by atoms with Gasteiger partial charge >= 0.3 is 0 Å². The predicted molar refractivity (Wildman–Crippen MR) is 273 cm³/mol. The highest BCUT2D eigenvalue weighted by atomic mass is 35.5. The third-order valence-corrected chi connectivity index (χ3v) is 14.0. The Labute approximate surface area is 414 Å². The second kappa shape index (κ2) is 19.7. The van der Waals surface area contributed by atoms with E-state index in [4.69, 9.17) is 69.6 Å². The summed E-state index contributed by atoms with van der Waals surface area (Å²) >= 11 is 39.1. The smallest absolute Gasteiger partial charge is 0.257 e. The number of anilines is 4. The average molecular weight is 1000 g/mol. The number of hydrogen-bond donors (Lipinski definition) is 4. The molecule has 2 atom stereocenters. The largest absolute Gasteiger partial charge is 0.388 e. The normalized spacial score (nSPS) is 16.6. The maximum Gasteiger partial charge on any atom is 0.257 e. The van der Waals surface area contributed by atoms with Gasteiger partial charge in [0.25, 0.3) is 17.7 Å². The molecule has 0 heterocycles. The Hall–Kier alpha value is -5.06. The molecule has 0 radical (unpaired) electrons. The SMILES string of the molecule is CNc1ccc(C2(c3ccc(NC(=O)c4cc(Cl)c(C(=O)Nc5ccc(-c6ccc(NC(=O)c7cc(Cl)c(C(C)=O)cc7Cl)cc6Cl)c(Cl)c5)cc4Cl)cc3)CC(C)CC(C)(C)C2)cc1C. The van der Waals surface area contributed by atoms with Crippen LogP contribution in [-0.2, 0) is 5.41 Å². The van der Waals surface area contributed by atoms with E-state index in [-0.39, 0.29) is 69.0 Å². The quantitative estimate of drug-likeness (QED) is 0.0965. The number of amides is 3. The molecule has 0 aliphatic heterocycles. The van der Waals surface area contributed by atoms with E-state index in [0.717, 1.165) is 24.9 Å². The molecule has 0 bridgehead atoms. The summed E-state index contributed by atoms with van der Waals surface area (Å²) in [5.74, 6) is -1.37. The molecule has 8 nitrogen and oxygen atoms in total. The minimum Gasteiger partial charge on any atom is -0.388 e. The lowest BCUT2D eigenvalue weighted by molar-refractivity contribution is 0.100. The van der Waals surface area contributed by atoms with E-state index in [1.165, 1.54) is 47.9 Å². The Balaban J connectivity index is 1.02. The number of nitrogens with one attached hydrogen (secondary N) is 4. The molecule has 1 saturated carbocycles. The first-order chi connectivity index (χ1) is 31.2. The van der Waals surface area contributed by atoms with Gasteiger partial charge in [0.05, 0.1) is 46.8 Å². The summed E-state index contributed by atoms with van der Waals surface area (Å²) in [5, 5.41) is 12.5. The van der Waals surface area contributed by atoms with Gasteiger partial charge in [0, 0.05) is 51.9 Å². The Morgan fingerprint density at radius 3 is 1.38 bits per heavy atom. The molecule has 0 spiro atoms. The third kappa shape index (κ3) is 10.4. The number of Topliss-reactive ketones (excluding diaryl/α,β-unsaturated/α-hetero) is 1. The molecule has 2 unspecified atom stereocenters. The van der Waals surface area contributed by atoms with Crippen LogP contribution in [0.25, 0.3) is 11.1 Å². The highest BCUT2D eigenvalue weighted by molar-refractivity contribution is 6.40. The summed E-state index contributed by atoms with van der Waals surface area (Å²) in [6, 6.07) is 29.9. The lowest BCUT2D eigenvalue weighted by atomic mass is 9.55. The van der Waals surface area contributed by atoms with Crippen molar-refractivity contribution < 1.29 is 19.2 Å². The maximum absolute atomic E-state index is 13.6. The van der Waals surface area contributed by atoms with Gasteiger partial charge in [-0.1, -0.05) is 127 Å². The van der Waals surface area contributed by atoms with Crippen molar-refractivity contribution in [3.63, 3.8) is 0 Å². The predicted octanol–water partition coefficient (Wildman–Crippen LogP) is 15.7. The molecule has 0 aromatic heterocycles. The molecular formula is C52H46Cl6N4O4. The number of ketones is 1. The first-order valence-electron chi connectivity index (χ1n) is 21.1. The number of aryl methyl sites for hydroxylation is 1. The van der Waals surface area contributed by atoms with Gasteiger partial charge in [-0.3, -0.25) is 19.2 Å². The fraction of sp³-hybridized carbons (Fsp3) is 0.231. The summed E-state index contributed by atoms with van der Waals surface area (Å²) in [6.07, 6.45) is 3.15. The molecule has 66 heavy (non-hydrogen) atoms. The molecule has 1 aliphatic carbocycles. The second-order valence-electron chi connectivity index (χ2n) is 17.7. The first kappa shape index (κ1) is 48.9. The Kier molecular flexibility index (Phi) is 14.5. The van der Waals surface area contributed by atoms with Gasteiger partial charge in [0.1, 0.15) is 0 Å². The summed E-state index contributed by atoms with van der Waals surface area (Å²) in [7, 11) is 1.94. The van der Waals surface area contributed by atoms with Crippen molar-refractivity contribution in [2.75, 3.05) is 28.3 Å². The van der Waals surface area contributed by atoms with Crippen LogP contribution in [0.15, 0.2) is 103 Å². The van der Waals surface area contributed by atoms with Gasteiger partial charge in [-0.25, -0.2) is 0 Å². The van der Waals surface area contributed by atoms with Gasteiger partial charge in [-0.15, -0.1) is 0 Å². The van der Waals surface area contributed by atoms with Gasteiger partial charge in [0.15, 0.2) is 5.78 Å². The van der Waals surface area contributed by atoms with Crippen molar-refractivity contribution >= 4 is 116 Å². The van der Waals surface area contributed by atoms with Crippen molar-refractivity contribution in [2.24, 2.45) is 11.3 Å². The molecule has 6 aromatic rings. The monoisotopic (exact) mass is 1000 g/mol. The number of rotatable bonds is 11. The second-order valence-corrected chi connectivity index (χ2v) is 20.2. The fourth-order valence-corrected chi connectivity index (χ4v) is 11.0. The van der Waals surface area contributed by atoms with Crippen LogP contribution in [0.2, 0.25) is 30.1 Å². The van der Waals surface area contributed by atoms with Crippen LogP contribution >= 0.6 is 69.6 Å². The van der Waals surface area contributed by atoms with E-state index < -0.39 is 17.7 Å². The molecule has 4 N–H and O–H groups in total. The molecule has 7 rings (SSSR count). The van der Waals surface area contributed by atoms with Crippen molar-refractivity contribution in [1.29, 1.82) is 0 Å². The van der Waals surface area contributed by atoms with Crippen LogP contribution in [0.3, 0.4) is 0 Å². The molecular weight excluding hydrogens is 957 g/mol. The summed E-state index contributed by atoms with van der Waals surface area (Å²) in [6.45, 7) is 10.5. The van der Waals surface area contributed by atoms with E-state index in [1.807, 2.05) is 19.2 Å². The summed E-state index contributed by atoms with van der Waals surface area (Å²) < 4.78 is 0. The highest BCUT2D eigenvalue weighted by Gasteiger charge is 2.45. The van der Waals surface area contributed by atoms with E-state index >= 15 is 0 Å². The average Bonchev–Trinajstić information content (AvgIpc) is 3.24. The van der Waals surface area contributed by atoms with Crippen molar-refractivity contribution in [2.45, 2.75) is 59.3 Å². The fourth-order valence-electron chi connectivity index (χ4n) is 9.40. The first-order valence-corrected chi connectivity index (χ1v) is 23.4. The minimum absolute atomic E-state index is 0.0214. The third-order valence-electron chi connectivity index (χ3n) is 12.1. The Morgan fingerprint density at radius 2 is 0.955 bits per heavy atom. The minimum atomic E-state index is -0.575. The summed E-state index contributed by atoms with van der Waals surface area (Å²) in [5.41, 5.74) is 7.58. The number of benzene rings is 6. The van der Waals surface area contributed by atoms with Crippen LogP contribution in [0.4, 0.5) is 22.7 Å². The van der Waals surface area contributed by atoms with Gasteiger partial charge in [0.2, 0.25) is 0 Å². The Morgan fingerprint density at radius 1 is 0.530 bits per heavy atom. The topological polar surface area (TPSA) is 116 Å². The molecule has 6 aromatic carbocycles. The van der Waals surface area contributed by atoms with E-state index in [0.29, 0.717) is 34.1 Å². The lowest BCUT2D eigenvalue weighted by Gasteiger charge is -2.49. The van der Waals surface area contributed by atoms with Crippen LogP contribution < -0.4 is 21.3 Å².